The van der Waals surface area contributed by atoms with Crippen molar-refractivity contribution in [3.05, 3.63) is 35.5 Å². The molecule has 0 saturated carbocycles. The summed E-state index contributed by atoms with van der Waals surface area (Å²) in [5.41, 5.74) is -0.745. The lowest BCUT2D eigenvalue weighted by molar-refractivity contribution is 0.0690. The smallest absolute Gasteiger partial charge is 0.353 e. The number of hydrogen-bond acceptors (Lipinski definition) is 4. The number of carbonyl (C=O) groups is 1. The second-order valence-corrected chi connectivity index (χ2v) is 5.93. The summed E-state index contributed by atoms with van der Waals surface area (Å²) >= 11 is 0. The Morgan fingerprint density at radius 1 is 1.35 bits per heavy atom. The van der Waals surface area contributed by atoms with Crippen LogP contribution < -0.4 is 0 Å². The molecule has 0 spiro atoms. The fourth-order valence-corrected chi connectivity index (χ4v) is 2.50. The Labute approximate surface area is 112 Å². The van der Waals surface area contributed by atoms with Gasteiger partial charge in [0.1, 0.15) is 16.4 Å². The molecule has 9 heteroatoms. The normalized spacial score (nSPS) is 11.6. The zero-order chi connectivity index (χ0) is 15.1. The van der Waals surface area contributed by atoms with Gasteiger partial charge in [0.15, 0.2) is 15.7 Å². The van der Waals surface area contributed by atoms with Crippen LogP contribution in [0.5, 0.6) is 0 Å². The van der Waals surface area contributed by atoms with Crippen LogP contribution in [0.25, 0.3) is 11.3 Å². The van der Waals surface area contributed by atoms with Crippen molar-refractivity contribution in [2.24, 2.45) is 0 Å². The highest BCUT2D eigenvalue weighted by molar-refractivity contribution is 7.90. The Balaban J connectivity index is 2.67. The van der Waals surface area contributed by atoms with Crippen molar-refractivity contribution in [2.75, 3.05) is 6.26 Å². The van der Waals surface area contributed by atoms with Crippen molar-refractivity contribution in [3.8, 4) is 11.3 Å². The van der Waals surface area contributed by atoms with Gasteiger partial charge in [-0.25, -0.2) is 22.0 Å². The summed E-state index contributed by atoms with van der Waals surface area (Å²) in [7, 11) is -4.11. The number of carboxylic acid groups (broad SMARTS) is 1. The van der Waals surface area contributed by atoms with Crippen molar-refractivity contribution in [1.82, 2.24) is 10.2 Å². The van der Waals surface area contributed by atoms with Crippen LogP contribution in [0.4, 0.5) is 8.78 Å². The molecule has 106 valence electrons. The summed E-state index contributed by atoms with van der Waals surface area (Å²) in [4.78, 5) is 9.62. The molecule has 0 aliphatic carbocycles. The average Bonchev–Trinajstić information content (AvgIpc) is 2.76. The van der Waals surface area contributed by atoms with Gasteiger partial charge in [-0.3, -0.25) is 5.10 Å². The van der Waals surface area contributed by atoms with E-state index in [1.165, 1.54) is 0 Å². The van der Waals surface area contributed by atoms with E-state index in [0.717, 1.165) is 18.2 Å². The zero-order valence-corrected chi connectivity index (χ0v) is 10.8. The van der Waals surface area contributed by atoms with Crippen LogP contribution in [0.3, 0.4) is 0 Å². The van der Waals surface area contributed by atoms with Crippen LogP contribution in [0, 0.1) is 11.6 Å². The highest BCUT2D eigenvalue weighted by atomic mass is 32.2. The number of H-pyrrole nitrogens is 1. The van der Waals surface area contributed by atoms with E-state index >= 15 is 0 Å². The van der Waals surface area contributed by atoms with Crippen LogP contribution in [0.15, 0.2) is 23.1 Å². The minimum absolute atomic E-state index is 0.134. The fourth-order valence-electron chi connectivity index (χ4n) is 1.64. The number of sulfone groups is 1. The van der Waals surface area contributed by atoms with Crippen molar-refractivity contribution in [1.29, 1.82) is 0 Å². The van der Waals surface area contributed by atoms with Gasteiger partial charge in [0, 0.05) is 11.8 Å². The lowest BCUT2D eigenvalue weighted by atomic mass is 10.1. The Morgan fingerprint density at radius 2 is 2.00 bits per heavy atom. The van der Waals surface area contributed by atoms with Gasteiger partial charge in [0.05, 0.1) is 5.69 Å². The largest absolute Gasteiger partial charge is 0.477 e. The number of aromatic carboxylic acids is 1. The molecule has 2 rings (SSSR count). The van der Waals surface area contributed by atoms with E-state index in [4.69, 9.17) is 5.11 Å². The maximum atomic E-state index is 14.1. The first-order chi connectivity index (χ1) is 9.21. The van der Waals surface area contributed by atoms with Crippen LogP contribution >= 0.6 is 0 Å². The second-order valence-electron chi connectivity index (χ2n) is 3.98. The number of nitrogens with zero attached hydrogens (tertiary/aromatic N) is 1. The van der Waals surface area contributed by atoms with Crippen LogP contribution in [-0.2, 0) is 9.84 Å². The third kappa shape index (κ3) is 2.39. The maximum Gasteiger partial charge on any atom is 0.353 e. The summed E-state index contributed by atoms with van der Waals surface area (Å²) in [5, 5.41) is 14.4. The lowest BCUT2D eigenvalue weighted by Crippen LogP contribution is -2.05. The van der Waals surface area contributed by atoms with Crippen molar-refractivity contribution < 1.29 is 27.1 Å². The molecule has 2 aromatic rings. The zero-order valence-electron chi connectivity index (χ0n) is 10.0. The fraction of sp³-hybridized carbons (Fsp3) is 0.0909. The number of halogens is 2. The SMILES string of the molecule is CS(=O)(=O)c1c(F)ccc(-c2cc(C(=O)O)[nH]n2)c1F. The molecular formula is C11H8F2N2O4S. The number of nitrogens with one attached hydrogen (secondary N) is 1. The molecule has 0 aliphatic heterocycles. The van der Waals surface area contributed by atoms with Gasteiger partial charge in [-0.05, 0) is 18.2 Å². The number of carboxylic acids is 1. The summed E-state index contributed by atoms with van der Waals surface area (Å²) in [5.74, 6) is -3.84. The first kappa shape index (κ1) is 14.1. The predicted octanol–water partition coefficient (Wildman–Crippen LogP) is 1.46. The summed E-state index contributed by atoms with van der Waals surface area (Å²) in [6.07, 6.45) is 0.672. The maximum absolute atomic E-state index is 14.1. The molecule has 0 saturated heterocycles. The Morgan fingerprint density at radius 3 is 2.50 bits per heavy atom. The molecule has 1 aromatic heterocycles. The van der Waals surface area contributed by atoms with E-state index in [-0.39, 0.29) is 17.0 Å². The van der Waals surface area contributed by atoms with Crippen LogP contribution in [0.2, 0.25) is 0 Å². The molecule has 0 radical (unpaired) electrons. The molecule has 1 heterocycles. The molecular weight excluding hydrogens is 294 g/mol. The number of aromatic nitrogens is 2. The van der Waals surface area contributed by atoms with E-state index in [9.17, 15) is 22.0 Å². The van der Waals surface area contributed by atoms with Crippen molar-refractivity contribution >= 4 is 15.8 Å². The topological polar surface area (TPSA) is 100 Å². The molecule has 0 atom stereocenters. The molecule has 1 aromatic carbocycles. The van der Waals surface area contributed by atoms with Gasteiger partial charge in [-0.2, -0.15) is 5.10 Å². The number of rotatable bonds is 3. The average molecular weight is 302 g/mol. The molecule has 0 fully saturated rings. The molecule has 20 heavy (non-hydrogen) atoms. The Bertz CT molecular complexity index is 799. The van der Waals surface area contributed by atoms with E-state index in [1.54, 1.807) is 0 Å². The Hall–Kier alpha value is -2.29. The van der Waals surface area contributed by atoms with Crippen molar-refractivity contribution in [2.45, 2.75) is 4.90 Å². The molecule has 6 nitrogen and oxygen atoms in total. The number of hydrogen-bond donors (Lipinski definition) is 2. The van der Waals surface area contributed by atoms with Gasteiger partial charge in [0.25, 0.3) is 0 Å². The number of aromatic amines is 1. The molecule has 2 N–H and O–H groups in total. The van der Waals surface area contributed by atoms with Gasteiger partial charge in [-0.1, -0.05) is 0 Å². The van der Waals surface area contributed by atoms with Gasteiger partial charge in [-0.15, -0.1) is 0 Å². The predicted molar refractivity (Wildman–Crippen MR) is 64.0 cm³/mol. The standard InChI is InChI=1S/C11H8F2N2O4S/c1-20(18,19)10-6(12)3-2-5(9(10)13)7-4-8(11(16)17)15-14-7/h2-4H,1H3,(H,14,15)(H,16,17). The van der Waals surface area contributed by atoms with Gasteiger partial charge in [0.2, 0.25) is 0 Å². The second kappa shape index (κ2) is 4.67. The molecule has 0 unspecified atom stereocenters. The Kier molecular flexibility index (Phi) is 3.30. The minimum Gasteiger partial charge on any atom is -0.477 e. The highest BCUT2D eigenvalue weighted by Gasteiger charge is 2.24. The van der Waals surface area contributed by atoms with E-state index < -0.39 is 32.3 Å². The third-order valence-corrected chi connectivity index (χ3v) is 3.62. The summed E-state index contributed by atoms with van der Waals surface area (Å²) in [6, 6.07) is 2.79. The molecule has 0 amide bonds. The first-order valence-electron chi connectivity index (χ1n) is 5.19. The van der Waals surface area contributed by atoms with E-state index in [0.29, 0.717) is 6.26 Å². The monoisotopic (exact) mass is 302 g/mol. The van der Waals surface area contributed by atoms with Crippen LogP contribution in [-0.4, -0.2) is 35.9 Å². The van der Waals surface area contributed by atoms with E-state index in [1.807, 2.05) is 0 Å². The molecule has 0 aliphatic rings. The number of benzene rings is 1. The third-order valence-electron chi connectivity index (χ3n) is 2.50. The molecule has 0 bridgehead atoms. The van der Waals surface area contributed by atoms with Crippen LogP contribution in [0.1, 0.15) is 10.5 Å². The van der Waals surface area contributed by atoms with Crippen molar-refractivity contribution in [3.63, 3.8) is 0 Å². The highest BCUT2D eigenvalue weighted by Crippen LogP contribution is 2.28. The van der Waals surface area contributed by atoms with Gasteiger partial charge < -0.3 is 5.11 Å². The summed E-state index contributed by atoms with van der Waals surface area (Å²) < 4.78 is 50.3. The van der Waals surface area contributed by atoms with Gasteiger partial charge >= 0.3 is 5.97 Å². The first-order valence-corrected chi connectivity index (χ1v) is 7.08. The summed E-state index contributed by atoms with van der Waals surface area (Å²) in [6.45, 7) is 0. The lowest BCUT2D eigenvalue weighted by Gasteiger charge is -2.06. The quantitative estimate of drug-likeness (QED) is 0.894. The minimum atomic E-state index is -4.11. The van der Waals surface area contributed by atoms with E-state index in [2.05, 4.69) is 10.2 Å².